The summed E-state index contributed by atoms with van der Waals surface area (Å²) in [7, 11) is -1.23. The summed E-state index contributed by atoms with van der Waals surface area (Å²) in [5.74, 6) is 3.11. The summed E-state index contributed by atoms with van der Waals surface area (Å²) in [6.45, 7) is 8.64. The summed E-state index contributed by atoms with van der Waals surface area (Å²) >= 11 is 2.05. The van der Waals surface area contributed by atoms with Crippen LogP contribution in [0.15, 0.2) is 4.99 Å². The summed E-state index contributed by atoms with van der Waals surface area (Å²) in [4.78, 5) is 6.76. The maximum absolute atomic E-state index is 11.6. The fourth-order valence-corrected chi connectivity index (χ4v) is 5.32. The Morgan fingerprint density at radius 1 is 1.33 bits per heavy atom. The zero-order valence-electron chi connectivity index (χ0n) is 15.1. The van der Waals surface area contributed by atoms with E-state index in [2.05, 4.69) is 40.8 Å². The summed E-state index contributed by atoms with van der Waals surface area (Å²) in [5, 5.41) is 4.11. The number of guanidine groups is 1. The van der Waals surface area contributed by atoms with Crippen LogP contribution >= 0.6 is 35.7 Å². The van der Waals surface area contributed by atoms with Crippen LogP contribution in [0.5, 0.6) is 0 Å². The maximum atomic E-state index is 11.6. The number of aliphatic imine (C=N–C) groups is 1. The average Bonchev–Trinajstić information content (AvgIpc) is 2.97. The molecule has 2 rings (SSSR count). The van der Waals surface area contributed by atoms with Crippen molar-refractivity contribution in [3.05, 3.63) is 0 Å². The van der Waals surface area contributed by atoms with Crippen molar-refractivity contribution in [3.63, 3.8) is 0 Å². The quantitative estimate of drug-likeness (QED) is 0.368. The molecule has 9 heteroatoms. The number of halogens is 1. The topological polar surface area (TPSA) is 65.0 Å². The molecule has 0 radical (unpaired) electrons. The van der Waals surface area contributed by atoms with Crippen molar-refractivity contribution in [3.8, 4) is 0 Å². The molecule has 0 aliphatic carbocycles. The molecule has 0 aromatic heterocycles. The molecule has 2 aliphatic heterocycles. The van der Waals surface area contributed by atoms with Crippen molar-refractivity contribution in [1.29, 1.82) is 0 Å². The van der Waals surface area contributed by atoms with E-state index in [9.17, 15) is 8.42 Å². The van der Waals surface area contributed by atoms with Gasteiger partial charge in [-0.25, -0.2) is 12.7 Å². The van der Waals surface area contributed by atoms with Crippen LogP contribution in [0.25, 0.3) is 0 Å². The monoisotopic (exact) mass is 490 g/mol. The summed E-state index contributed by atoms with van der Waals surface area (Å²) in [6.07, 6.45) is 2.21. The molecule has 6 nitrogen and oxygen atoms in total. The first-order valence-corrected chi connectivity index (χ1v) is 11.2. The van der Waals surface area contributed by atoms with E-state index in [1.54, 1.807) is 4.31 Å². The second-order valence-electron chi connectivity index (χ2n) is 6.80. The third-order valence-corrected chi connectivity index (χ3v) is 7.42. The summed E-state index contributed by atoms with van der Waals surface area (Å²) in [5.41, 5.74) is 0. The van der Waals surface area contributed by atoms with Crippen LogP contribution < -0.4 is 5.32 Å². The number of hydrogen-bond donors (Lipinski definition) is 1. The van der Waals surface area contributed by atoms with Gasteiger partial charge in [-0.3, -0.25) is 4.99 Å². The second-order valence-corrected chi connectivity index (χ2v) is 10.1. The van der Waals surface area contributed by atoms with Crippen LogP contribution in [0.1, 0.15) is 20.3 Å². The molecule has 0 bridgehead atoms. The van der Waals surface area contributed by atoms with E-state index in [4.69, 9.17) is 0 Å². The average molecular weight is 490 g/mol. The molecule has 2 unspecified atom stereocenters. The van der Waals surface area contributed by atoms with Crippen LogP contribution in [0.4, 0.5) is 0 Å². The first kappa shape index (κ1) is 22.3. The Balaban J connectivity index is 0.00000288. The first-order valence-electron chi connectivity index (χ1n) is 8.33. The van der Waals surface area contributed by atoms with Gasteiger partial charge in [-0.2, -0.15) is 11.8 Å². The van der Waals surface area contributed by atoms with Gasteiger partial charge < -0.3 is 10.2 Å². The SMILES string of the molecule is CN=C(NCC1CCN(S(C)(=O)=O)C1)N1CCSC(C(C)C)C1.I. The van der Waals surface area contributed by atoms with Gasteiger partial charge in [0.1, 0.15) is 0 Å². The Hall–Kier alpha value is 0.260. The molecule has 0 aromatic rings. The third kappa shape index (κ3) is 6.21. The molecule has 0 amide bonds. The number of thioether (sulfide) groups is 1. The van der Waals surface area contributed by atoms with Gasteiger partial charge in [0.2, 0.25) is 10.0 Å². The lowest BCUT2D eigenvalue weighted by Crippen LogP contribution is -2.50. The number of nitrogens with zero attached hydrogens (tertiary/aromatic N) is 3. The van der Waals surface area contributed by atoms with Gasteiger partial charge in [0.15, 0.2) is 5.96 Å². The molecule has 0 spiro atoms. The lowest BCUT2D eigenvalue weighted by Gasteiger charge is -2.36. The zero-order chi connectivity index (χ0) is 17.0. The first-order chi connectivity index (χ1) is 10.8. The van der Waals surface area contributed by atoms with E-state index < -0.39 is 10.0 Å². The van der Waals surface area contributed by atoms with E-state index in [-0.39, 0.29) is 24.0 Å². The predicted octanol–water partition coefficient (Wildman–Crippen LogP) is 1.53. The van der Waals surface area contributed by atoms with Gasteiger partial charge in [-0.1, -0.05) is 13.8 Å². The Bertz CT molecular complexity index is 528. The maximum Gasteiger partial charge on any atom is 0.211 e. The third-order valence-electron chi connectivity index (χ3n) is 4.61. The van der Waals surface area contributed by atoms with Crippen molar-refractivity contribution in [2.24, 2.45) is 16.8 Å². The largest absolute Gasteiger partial charge is 0.356 e. The van der Waals surface area contributed by atoms with Gasteiger partial charge in [0.05, 0.1) is 6.26 Å². The molecule has 142 valence electrons. The Labute approximate surface area is 168 Å². The minimum absolute atomic E-state index is 0. The van der Waals surface area contributed by atoms with E-state index in [0.717, 1.165) is 37.8 Å². The highest BCUT2D eigenvalue weighted by atomic mass is 127. The van der Waals surface area contributed by atoms with E-state index in [1.165, 1.54) is 6.26 Å². The van der Waals surface area contributed by atoms with Crippen LogP contribution in [-0.4, -0.2) is 80.6 Å². The van der Waals surface area contributed by atoms with Crippen LogP contribution in [-0.2, 0) is 10.0 Å². The molecular weight excluding hydrogens is 459 g/mol. The minimum Gasteiger partial charge on any atom is -0.356 e. The fourth-order valence-electron chi connectivity index (χ4n) is 3.10. The number of rotatable bonds is 4. The molecule has 2 atom stereocenters. The van der Waals surface area contributed by atoms with Gasteiger partial charge in [0.25, 0.3) is 0 Å². The van der Waals surface area contributed by atoms with E-state index in [1.807, 2.05) is 7.05 Å². The zero-order valence-corrected chi connectivity index (χ0v) is 19.0. The highest BCUT2D eigenvalue weighted by molar-refractivity contribution is 14.0. The Morgan fingerprint density at radius 2 is 2.04 bits per heavy atom. The highest BCUT2D eigenvalue weighted by Gasteiger charge is 2.29. The van der Waals surface area contributed by atoms with Crippen LogP contribution in [0.3, 0.4) is 0 Å². The normalized spacial score (nSPS) is 26.5. The predicted molar refractivity (Wildman–Crippen MR) is 114 cm³/mol. The van der Waals surface area contributed by atoms with Crippen molar-refractivity contribution in [2.45, 2.75) is 25.5 Å². The van der Waals surface area contributed by atoms with E-state index in [0.29, 0.717) is 30.2 Å². The van der Waals surface area contributed by atoms with Crippen LogP contribution in [0.2, 0.25) is 0 Å². The molecule has 24 heavy (non-hydrogen) atoms. The number of sulfonamides is 1. The molecule has 0 aromatic carbocycles. The van der Waals surface area contributed by atoms with Crippen molar-refractivity contribution >= 4 is 51.7 Å². The van der Waals surface area contributed by atoms with Gasteiger partial charge >= 0.3 is 0 Å². The highest BCUT2D eigenvalue weighted by Crippen LogP contribution is 2.25. The van der Waals surface area contributed by atoms with Gasteiger partial charge in [-0.05, 0) is 18.3 Å². The number of hydrogen-bond acceptors (Lipinski definition) is 4. The standard InChI is InChI=1S/C15H30N4O2S2.HI/c1-12(2)14-11-18(7-8-22-14)15(16-3)17-9-13-5-6-19(10-13)23(4,20)21;/h12-14H,5-11H2,1-4H3,(H,16,17);1H. The fraction of sp³-hybridized carbons (Fsp3) is 0.933. The number of nitrogens with one attached hydrogen (secondary N) is 1. The Kier molecular flexibility index (Phi) is 9.12. The van der Waals surface area contributed by atoms with Crippen molar-refractivity contribution in [1.82, 2.24) is 14.5 Å². The smallest absolute Gasteiger partial charge is 0.211 e. The van der Waals surface area contributed by atoms with Gasteiger partial charge in [-0.15, -0.1) is 24.0 Å². The Morgan fingerprint density at radius 3 is 2.58 bits per heavy atom. The van der Waals surface area contributed by atoms with Crippen LogP contribution in [0, 0.1) is 11.8 Å². The molecule has 2 fully saturated rings. The second kappa shape index (κ2) is 9.82. The molecule has 2 saturated heterocycles. The van der Waals surface area contributed by atoms with E-state index >= 15 is 0 Å². The lowest BCUT2D eigenvalue weighted by molar-refractivity contribution is 0.376. The summed E-state index contributed by atoms with van der Waals surface area (Å²) < 4.78 is 24.8. The molecule has 2 aliphatic rings. The van der Waals surface area contributed by atoms with Crippen molar-refractivity contribution < 1.29 is 8.42 Å². The minimum atomic E-state index is -3.05. The molecule has 0 saturated carbocycles. The molecule has 1 N–H and O–H groups in total. The van der Waals surface area contributed by atoms with Gasteiger partial charge in [0, 0.05) is 50.8 Å². The van der Waals surface area contributed by atoms with Crippen molar-refractivity contribution in [2.75, 3.05) is 51.8 Å². The lowest BCUT2D eigenvalue weighted by atomic mass is 10.1. The summed E-state index contributed by atoms with van der Waals surface area (Å²) in [6, 6.07) is 0. The molecular formula is C15H31IN4O2S2. The molecule has 2 heterocycles.